The minimum absolute atomic E-state index is 0.112. The Labute approximate surface area is 199 Å². The summed E-state index contributed by atoms with van der Waals surface area (Å²) in [5.41, 5.74) is 3.92. The molecule has 0 fully saturated rings. The number of amides is 3. The first-order chi connectivity index (χ1) is 16.3. The molecule has 0 saturated carbocycles. The summed E-state index contributed by atoms with van der Waals surface area (Å²) in [5.74, 6) is -2.67. The summed E-state index contributed by atoms with van der Waals surface area (Å²) >= 11 is 6.04. The lowest BCUT2D eigenvalue weighted by atomic mass is 10.2. The average Bonchev–Trinajstić information content (AvgIpc) is 2.83. The summed E-state index contributed by atoms with van der Waals surface area (Å²) in [6.45, 7) is 1.60. The summed E-state index contributed by atoms with van der Waals surface area (Å²) in [7, 11) is 0. The predicted molar refractivity (Wildman–Crippen MR) is 128 cm³/mol. The Kier molecular flexibility index (Phi) is 8.31. The molecule has 34 heavy (non-hydrogen) atoms. The second kappa shape index (κ2) is 11.6. The molecule has 0 heterocycles. The molecule has 0 unspecified atom stereocenters. The number of carbonyl (C=O) groups is 3. The van der Waals surface area contributed by atoms with Gasteiger partial charge >= 0.3 is 11.8 Å². The van der Waals surface area contributed by atoms with E-state index < -0.39 is 17.6 Å². The van der Waals surface area contributed by atoms with E-state index in [0.29, 0.717) is 22.0 Å². The molecule has 3 amide bonds. The maximum Gasteiger partial charge on any atom is 0.329 e. The van der Waals surface area contributed by atoms with Gasteiger partial charge in [0.1, 0.15) is 11.6 Å². The van der Waals surface area contributed by atoms with E-state index in [0.717, 1.165) is 11.6 Å². The summed E-state index contributed by atoms with van der Waals surface area (Å²) in [4.78, 5) is 35.7. The van der Waals surface area contributed by atoms with Gasteiger partial charge in [-0.25, -0.2) is 9.82 Å². The Morgan fingerprint density at radius 2 is 1.65 bits per heavy atom. The van der Waals surface area contributed by atoms with Gasteiger partial charge in [-0.05, 0) is 66.6 Å². The smallest absolute Gasteiger partial charge is 0.329 e. The fourth-order valence-electron chi connectivity index (χ4n) is 2.69. The van der Waals surface area contributed by atoms with Gasteiger partial charge in [-0.3, -0.25) is 14.4 Å². The van der Waals surface area contributed by atoms with E-state index in [1.807, 2.05) is 0 Å². The van der Waals surface area contributed by atoms with Gasteiger partial charge in [0.05, 0.1) is 11.9 Å². The van der Waals surface area contributed by atoms with Gasteiger partial charge in [-0.2, -0.15) is 5.10 Å². The van der Waals surface area contributed by atoms with Crippen LogP contribution in [0, 0.1) is 12.7 Å². The summed E-state index contributed by atoms with van der Waals surface area (Å²) in [6.07, 6.45) is 1.31. The van der Waals surface area contributed by atoms with E-state index in [-0.39, 0.29) is 18.2 Å². The number of halogens is 2. The Morgan fingerprint density at radius 1 is 0.941 bits per heavy atom. The SMILES string of the molecule is Cc1c(Cl)cccc1NC(=O)COc1ccc(/C=N\NC(=O)C(=O)Nc2ccccc2F)cc1. The van der Waals surface area contributed by atoms with Crippen molar-refractivity contribution in [3.05, 3.63) is 88.7 Å². The molecule has 0 atom stereocenters. The van der Waals surface area contributed by atoms with Crippen LogP contribution in [0.4, 0.5) is 15.8 Å². The lowest BCUT2D eigenvalue weighted by Crippen LogP contribution is -2.32. The van der Waals surface area contributed by atoms with Crippen molar-refractivity contribution in [2.75, 3.05) is 17.2 Å². The van der Waals surface area contributed by atoms with Crippen LogP contribution in [0.2, 0.25) is 5.02 Å². The first-order valence-corrected chi connectivity index (χ1v) is 10.4. The molecule has 8 nitrogen and oxygen atoms in total. The van der Waals surface area contributed by atoms with E-state index in [9.17, 15) is 18.8 Å². The first-order valence-electron chi connectivity index (χ1n) is 10.00. The highest BCUT2D eigenvalue weighted by molar-refractivity contribution is 6.39. The van der Waals surface area contributed by atoms with Crippen LogP contribution in [-0.4, -0.2) is 30.5 Å². The molecular formula is C24H20ClFN4O4. The molecule has 0 radical (unpaired) electrons. The molecule has 0 spiro atoms. The fraction of sp³-hybridized carbons (Fsp3) is 0.0833. The van der Waals surface area contributed by atoms with E-state index in [4.69, 9.17) is 16.3 Å². The zero-order valence-corrected chi connectivity index (χ0v) is 18.7. The maximum absolute atomic E-state index is 13.5. The van der Waals surface area contributed by atoms with E-state index in [2.05, 4.69) is 21.2 Å². The number of nitrogens with one attached hydrogen (secondary N) is 3. The molecule has 0 saturated heterocycles. The standard InChI is InChI=1S/C24H20ClFN4O4/c1-15-18(25)5-4-8-20(15)28-22(31)14-34-17-11-9-16(10-12-17)13-27-30-24(33)23(32)29-21-7-3-2-6-19(21)26/h2-13H,14H2,1H3,(H,28,31)(H,29,32)(H,30,33)/b27-13-. The highest BCUT2D eigenvalue weighted by Crippen LogP contribution is 2.23. The summed E-state index contributed by atoms with van der Waals surface area (Å²) in [5, 5.41) is 9.14. The number of rotatable bonds is 7. The average molecular weight is 483 g/mol. The number of anilines is 2. The zero-order valence-electron chi connectivity index (χ0n) is 18.0. The predicted octanol–water partition coefficient (Wildman–Crippen LogP) is 3.89. The topological polar surface area (TPSA) is 109 Å². The van der Waals surface area contributed by atoms with Crippen molar-refractivity contribution in [1.82, 2.24) is 5.43 Å². The number of nitrogens with zero attached hydrogens (tertiary/aromatic N) is 1. The first kappa shape index (κ1) is 24.4. The Bertz CT molecular complexity index is 1230. The maximum atomic E-state index is 13.5. The number of hydrazone groups is 1. The third kappa shape index (κ3) is 6.88. The molecule has 3 rings (SSSR count). The zero-order chi connectivity index (χ0) is 24.5. The normalized spacial score (nSPS) is 10.6. The van der Waals surface area contributed by atoms with Gasteiger partial charge in [0.25, 0.3) is 5.91 Å². The molecule has 10 heteroatoms. The van der Waals surface area contributed by atoms with Crippen molar-refractivity contribution in [1.29, 1.82) is 0 Å². The molecule has 0 aromatic heterocycles. The lowest BCUT2D eigenvalue weighted by Gasteiger charge is -2.10. The van der Waals surface area contributed by atoms with Crippen molar-refractivity contribution in [2.24, 2.45) is 5.10 Å². The number of hydrogen-bond donors (Lipinski definition) is 3. The number of ether oxygens (including phenoxy) is 1. The Morgan fingerprint density at radius 3 is 2.38 bits per heavy atom. The lowest BCUT2D eigenvalue weighted by molar-refractivity contribution is -0.136. The molecule has 3 aromatic rings. The fourth-order valence-corrected chi connectivity index (χ4v) is 2.86. The molecule has 0 aliphatic carbocycles. The number of para-hydroxylation sites is 1. The second-order valence-electron chi connectivity index (χ2n) is 6.95. The third-order valence-electron chi connectivity index (χ3n) is 4.50. The van der Waals surface area contributed by atoms with Gasteiger partial charge in [0, 0.05) is 10.7 Å². The number of benzene rings is 3. The van der Waals surface area contributed by atoms with Crippen molar-refractivity contribution >= 4 is 46.9 Å². The van der Waals surface area contributed by atoms with E-state index >= 15 is 0 Å². The molecule has 0 aliphatic heterocycles. The molecule has 0 bridgehead atoms. The van der Waals surface area contributed by atoms with Crippen molar-refractivity contribution in [3.8, 4) is 5.75 Å². The summed E-state index contributed by atoms with van der Waals surface area (Å²) < 4.78 is 19.0. The molecule has 3 N–H and O–H groups in total. The van der Waals surface area contributed by atoms with Gasteiger partial charge in [-0.15, -0.1) is 0 Å². The number of carbonyl (C=O) groups excluding carboxylic acids is 3. The van der Waals surface area contributed by atoms with Crippen molar-refractivity contribution < 1.29 is 23.5 Å². The van der Waals surface area contributed by atoms with Crippen LogP contribution in [-0.2, 0) is 14.4 Å². The van der Waals surface area contributed by atoms with Crippen molar-refractivity contribution in [2.45, 2.75) is 6.92 Å². The minimum atomic E-state index is -1.06. The highest BCUT2D eigenvalue weighted by Gasteiger charge is 2.14. The monoisotopic (exact) mass is 482 g/mol. The largest absolute Gasteiger partial charge is 0.484 e. The van der Waals surface area contributed by atoms with Gasteiger partial charge < -0.3 is 15.4 Å². The second-order valence-corrected chi connectivity index (χ2v) is 7.36. The molecule has 3 aromatic carbocycles. The summed E-state index contributed by atoms with van der Waals surface area (Å²) in [6, 6.07) is 17.2. The van der Waals surface area contributed by atoms with Crippen LogP contribution in [0.3, 0.4) is 0 Å². The van der Waals surface area contributed by atoms with Crippen LogP contribution in [0.25, 0.3) is 0 Å². The van der Waals surface area contributed by atoms with E-state index in [1.54, 1.807) is 49.4 Å². The van der Waals surface area contributed by atoms with Crippen molar-refractivity contribution in [3.63, 3.8) is 0 Å². The molecular weight excluding hydrogens is 463 g/mol. The van der Waals surface area contributed by atoms with Crippen LogP contribution in [0.5, 0.6) is 5.75 Å². The minimum Gasteiger partial charge on any atom is -0.484 e. The highest BCUT2D eigenvalue weighted by atomic mass is 35.5. The molecule has 174 valence electrons. The Balaban J connectivity index is 1.45. The van der Waals surface area contributed by atoms with Gasteiger partial charge in [-0.1, -0.05) is 29.8 Å². The van der Waals surface area contributed by atoms with E-state index in [1.165, 1.54) is 24.4 Å². The van der Waals surface area contributed by atoms with Crippen LogP contribution in [0.15, 0.2) is 71.8 Å². The molecule has 0 aliphatic rings. The third-order valence-corrected chi connectivity index (χ3v) is 4.91. The number of hydrogen-bond acceptors (Lipinski definition) is 5. The van der Waals surface area contributed by atoms with Gasteiger partial charge in [0.2, 0.25) is 0 Å². The van der Waals surface area contributed by atoms with Crippen LogP contribution >= 0.6 is 11.6 Å². The van der Waals surface area contributed by atoms with Crippen LogP contribution < -0.4 is 20.8 Å². The quantitative estimate of drug-likeness (QED) is 0.269. The Hall–Kier alpha value is -4.24. The van der Waals surface area contributed by atoms with Crippen LogP contribution in [0.1, 0.15) is 11.1 Å². The van der Waals surface area contributed by atoms with Gasteiger partial charge in [0.15, 0.2) is 6.61 Å².